The molecule has 3 N–H and O–H groups in total. The van der Waals surface area contributed by atoms with Crippen molar-refractivity contribution in [3.63, 3.8) is 0 Å². The van der Waals surface area contributed by atoms with Crippen molar-refractivity contribution in [2.45, 2.75) is 33.4 Å². The maximum atomic E-state index is 11.5. The van der Waals surface area contributed by atoms with Crippen LogP contribution in [0.15, 0.2) is 24.3 Å². The summed E-state index contributed by atoms with van der Waals surface area (Å²) in [5.41, 5.74) is 8.73. The third-order valence-corrected chi connectivity index (χ3v) is 3.11. The van der Waals surface area contributed by atoms with Gasteiger partial charge in [0.1, 0.15) is 0 Å². The van der Waals surface area contributed by atoms with E-state index in [9.17, 15) is 4.79 Å². The molecule has 0 spiro atoms. The fourth-order valence-electron chi connectivity index (χ4n) is 2.16. The molecule has 0 aliphatic rings. The van der Waals surface area contributed by atoms with Crippen LogP contribution in [0.4, 0.5) is 5.69 Å². The number of aromatic nitrogens is 1. The summed E-state index contributed by atoms with van der Waals surface area (Å²) >= 11 is 0. The number of benzene rings is 1. The minimum Gasteiger partial charge on any atom is -0.345 e. The molecule has 1 unspecified atom stereocenters. The summed E-state index contributed by atoms with van der Waals surface area (Å²) in [5.74, 6) is -0.166. The Bertz CT molecular complexity index is 590. The maximum absolute atomic E-state index is 11.5. The highest BCUT2D eigenvalue weighted by molar-refractivity contribution is 5.96. The molecule has 104 valence electrons. The van der Waals surface area contributed by atoms with E-state index in [0.29, 0.717) is 0 Å². The molecule has 1 heterocycles. The molecular weight excluding hydrogens is 262 g/mol. The first kappa shape index (κ1) is 15.5. The Kier molecular flexibility index (Phi) is 4.97. The van der Waals surface area contributed by atoms with Crippen molar-refractivity contribution >= 4 is 34.9 Å². The Morgan fingerprint density at radius 3 is 2.68 bits per heavy atom. The van der Waals surface area contributed by atoms with Crippen LogP contribution in [-0.4, -0.2) is 16.5 Å². The first-order chi connectivity index (χ1) is 8.52. The van der Waals surface area contributed by atoms with Gasteiger partial charge in [-0.1, -0.05) is 0 Å². The lowest BCUT2D eigenvalue weighted by molar-refractivity contribution is -0.117. The van der Waals surface area contributed by atoms with Gasteiger partial charge in [-0.15, -0.1) is 12.4 Å². The standard InChI is InChI=1S/C14H19N3O.ClH/c1-4-17-9(2)7-11-8-12(5-6-13(11)17)16-14(18)10(3)15;/h5-8,10H,4,15H2,1-3H3,(H,16,18);1H. The molecule has 0 aliphatic heterocycles. The molecule has 1 aromatic heterocycles. The van der Waals surface area contributed by atoms with E-state index in [2.05, 4.69) is 29.8 Å². The molecule has 0 aliphatic carbocycles. The summed E-state index contributed by atoms with van der Waals surface area (Å²) in [4.78, 5) is 11.5. The maximum Gasteiger partial charge on any atom is 0.240 e. The number of halogens is 1. The van der Waals surface area contributed by atoms with Gasteiger partial charge < -0.3 is 15.6 Å². The number of nitrogens with zero attached hydrogens (tertiary/aromatic N) is 1. The number of amides is 1. The van der Waals surface area contributed by atoms with E-state index in [4.69, 9.17) is 5.73 Å². The number of nitrogens with two attached hydrogens (primary N) is 1. The Labute approximate surface area is 119 Å². The summed E-state index contributed by atoms with van der Waals surface area (Å²) in [7, 11) is 0. The monoisotopic (exact) mass is 281 g/mol. The summed E-state index contributed by atoms with van der Waals surface area (Å²) in [6.07, 6.45) is 0. The smallest absolute Gasteiger partial charge is 0.240 e. The SMILES string of the molecule is CCn1c(C)cc2cc(NC(=O)C(C)N)ccc21.Cl. The Balaban J connectivity index is 0.00000180. The van der Waals surface area contributed by atoms with Crippen LogP contribution in [0, 0.1) is 6.92 Å². The van der Waals surface area contributed by atoms with Gasteiger partial charge in [-0.05, 0) is 45.0 Å². The van der Waals surface area contributed by atoms with Crippen LogP contribution in [0.1, 0.15) is 19.5 Å². The summed E-state index contributed by atoms with van der Waals surface area (Å²) in [6.45, 7) is 6.83. The Morgan fingerprint density at radius 2 is 2.11 bits per heavy atom. The molecule has 0 bridgehead atoms. The lowest BCUT2D eigenvalue weighted by Gasteiger charge is -2.08. The molecule has 2 rings (SSSR count). The lowest BCUT2D eigenvalue weighted by atomic mass is 10.2. The van der Waals surface area contributed by atoms with Crippen molar-refractivity contribution in [3.8, 4) is 0 Å². The van der Waals surface area contributed by atoms with E-state index in [-0.39, 0.29) is 18.3 Å². The van der Waals surface area contributed by atoms with Gasteiger partial charge in [0.2, 0.25) is 5.91 Å². The number of rotatable bonds is 3. The third-order valence-electron chi connectivity index (χ3n) is 3.11. The molecule has 1 atom stereocenters. The van der Waals surface area contributed by atoms with Crippen LogP contribution >= 0.6 is 12.4 Å². The minimum absolute atomic E-state index is 0. The molecule has 2 aromatic rings. The Hall–Kier alpha value is -1.52. The average Bonchev–Trinajstić information content (AvgIpc) is 2.63. The second kappa shape index (κ2) is 6.08. The Morgan fingerprint density at radius 1 is 1.42 bits per heavy atom. The number of hydrogen-bond acceptors (Lipinski definition) is 2. The van der Waals surface area contributed by atoms with Gasteiger partial charge >= 0.3 is 0 Å². The molecule has 1 aromatic carbocycles. The zero-order chi connectivity index (χ0) is 13.3. The predicted octanol–water partition coefficient (Wildman–Crippen LogP) is 2.68. The zero-order valence-electron chi connectivity index (χ0n) is 11.4. The normalized spacial score (nSPS) is 12.0. The summed E-state index contributed by atoms with van der Waals surface area (Å²) in [6, 6.07) is 7.55. The second-order valence-electron chi connectivity index (χ2n) is 4.58. The summed E-state index contributed by atoms with van der Waals surface area (Å²) < 4.78 is 2.24. The average molecular weight is 282 g/mol. The molecule has 0 saturated carbocycles. The van der Waals surface area contributed by atoms with E-state index in [1.165, 1.54) is 11.2 Å². The van der Waals surface area contributed by atoms with Gasteiger partial charge in [-0.25, -0.2) is 0 Å². The quantitative estimate of drug-likeness (QED) is 0.909. The van der Waals surface area contributed by atoms with Crippen LogP contribution in [0.2, 0.25) is 0 Å². The third kappa shape index (κ3) is 3.08. The van der Waals surface area contributed by atoms with Crippen LogP contribution in [0.5, 0.6) is 0 Å². The van der Waals surface area contributed by atoms with Gasteiger partial charge in [-0.2, -0.15) is 0 Å². The molecular formula is C14H20ClN3O. The van der Waals surface area contributed by atoms with Crippen molar-refractivity contribution < 1.29 is 4.79 Å². The van der Waals surface area contributed by atoms with E-state index in [1.807, 2.05) is 18.2 Å². The van der Waals surface area contributed by atoms with Crippen molar-refractivity contribution in [2.24, 2.45) is 5.73 Å². The highest BCUT2D eigenvalue weighted by Gasteiger charge is 2.09. The number of aryl methyl sites for hydroxylation is 2. The fourth-order valence-corrected chi connectivity index (χ4v) is 2.16. The fraction of sp³-hybridized carbons (Fsp3) is 0.357. The van der Waals surface area contributed by atoms with Crippen molar-refractivity contribution in [1.29, 1.82) is 0 Å². The van der Waals surface area contributed by atoms with E-state index >= 15 is 0 Å². The van der Waals surface area contributed by atoms with Crippen LogP contribution in [-0.2, 0) is 11.3 Å². The molecule has 0 radical (unpaired) electrons. The van der Waals surface area contributed by atoms with Gasteiger partial charge in [0.05, 0.1) is 6.04 Å². The van der Waals surface area contributed by atoms with Crippen LogP contribution in [0.25, 0.3) is 10.9 Å². The van der Waals surface area contributed by atoms with Gasteiger partial charge in [-0.3, -0.25) is 4.79 Å². The zero-order valence-corrected chi connectivity index (χ0v) is 12.3. The molecule has 5 heteroatoms. The number of carbonyl (C=O) groups excluding carboxylic acids is 1. The molecule has 4 nitrogen and oxygen atoms in total. The highest BCUT2D eigenvalue weighted by Crippen LogP contribution is 2.23. The molecule has 0 saturated heterocycles. The predicted molar refractivity (Wildman–Crippen MR) is 81.9 cm³/mol. The largest absolute Gasteiger partial charge is 0.345 e. The molecule has 0 fully saturated rings. The van der Waals surface area contributed by atoms with E-state index < -0.39 is 6.04 Å². The van der Waals surface area contributed by atoms with Crippen molar-refractivity contribution in [2.75, 3.05) is 5.32 Å². The van der Waals surface area contributed by atoms with Crippen molar-refractivity contribution in [1.82, 2.24) is 4.57 Å². The minimum atomic E-state index is -0.498. The number of hydrogen-bond donors (Lipinski definition) is 2. The van der Waals surface area contributed by atoms with E-state index in [0.717, 1.165) is 17.6 Å². The summed E-state index contributed by atoms with van der Waals surface area (Å²) in [5, 5.41) is 3.94. The van der Waals surface area contributed by atoms with E-state index in [1.54, 1.807) is 6.92 Å². The highest BCUT2D eigenvalue weighted by atomic mass is 35.5. The first-order valence-corrected chi connectivity index (χ1v) is 6.19. The number of anilines is 1. The second-order valence-corrected chi connectivity index (χ2v) is 4.58. The molecule has 19 heavy (non-hydrogen) atoms. The lowest BCUT2D eigenvalue weighted by Crippen LogP contribution is -2.32. The number of nitrogens with one attached hydrogen (secondary N) is 1. The molecule has 1 amide bonds. The first-order valence-electron chi connectivity index (χ1n) is 6.19. The number of fused-ring (bicyclic) bond motifs is 1. The topological polar surface area (TPSA) is 60.0 Å². The van der Waals surface area contributed by atoms with Crippen LogP contribution < -0.4 is 11.1 Å². The van der Waals surface area contributed by atoms with Gasteiger partial charge in [0, 0.05) is 28.8 Å². The van der Waals surface area contributed by atoms with Gasteiger partial charge in [0.15, 0.2) is 0 Å². The van der Waals surface area contributed by atoms with Crippen molar-refractivity contribution in [3.05, 3.63) is 30.0 Å². The van der Waals surface area contributed by atoms with Crippen LogP contribution in [0.3, 0.4) is 0 Å². The van der Waals surface area contributed by atoms with Gasteiger partial charge in [0.25, 0.3) is 0 Å². The number of carbonyl (C=O) groups is 1.